The van der Waals surface area contributed by atoms with Crippen molar-refractivity contribution in [1.29, 1.82) is 0 Å². The minimum Gasteiger partial charge on any atom is -0.369 e. The molecule has 154 valence electrons. The molecular weight excluding hydrogens is 412 g/mol. The van der Waals surface area contributed by atoms with Gasteiger partial charge in [0.25, 0.3) is 5.91 Å². The van der Waals surface area contributed by atoms with E-state index in [0.717, 1.165) is 56.3 Å². The first-order valence-corrected chi connectivity index (χ1v) is 10.8. The maximum absolute atomic E-state index is 13.4. The summed E-state index contributed by atoms with van der Waals surface area (Å²) in [6.07, 6.45) is 2.06. The Morgan fingerprint density at radius 3 is 2.52 bits per heavy atom. The predicted molar refractivity (Wildman–Crippen MR) is 116 cm³/mol. The highest BCUT2D eigenvalue weighted by molar-refractivity contribution is 6.31. The normalized spacial score (nSPS) is 20.7. The summed E-state index contributed by atoms with van der Waals surface area (Å²) in [5, 5.41) is 0.744. The molecule has 29 heavy (non-hydrogen) atoms. The van der Waals surface area contributed by atoms with Crippen molar-refractivity contribution in [3.8, 4) is 0 Å². The third-order valence-corrected chi connectivity index (χ3v) is 6.38. The number of piperazine rings is 1. The number of piperidine rings is 1. The molecule has 0 radical (unpaired) electrons. The number of hydrogen-bond acceptors (Lipinski definition) is 3. The Kier molecular flexibility index (Phi) is 6.28. The van der Waals surface area contributed by atoms with Gasteiger partial charge in [0.1, 0.15) is 5.82 Å². The molecule has 0 N–H and O–H groups in total. The molecule has 2 fully saturated rings. The van der Waals surface area contributed by atoms with Gasteiger partial charge in [0.05, 0.1) is 5.02 Å². The minimum absolute atomic E-state index is 0.0125. The lowest BCUT2D eigenvalue weighted by Gasteiger charge is -2.44. The summed E-state index contributed by atoms with van der Waals surface area (Å²) in [4.78, 5) is 19.6. The summed E-state index contributed by atoms with van der Waals surface area (Å²) in [6.45, 7) is 5.23. The third-order valence-electron chi connectivity index (χ3n) is 5.85. The van der Waals surface area contributed by atoms with E-state index in [9.17, 15) is 9.18 Å². The number of hydrogen-bond donors (Lipinski definition) is 0. The number of carbonyl (C=O) groups excluding carboxylic acids is 1. The molecule has 0 bridgehead atoms. The van der Waals surface area contributed by atoms with Crippen LogP contribution in [0.15, 0.2) is 42.5 Å². The van der Waals surface area contributed by atoms with Crippen LogP contribution in [0.3, 0.4) is 0 Å². The standard InChI is InChI=1S/C22H24Cl2FN3O/c23-17-3-1-4-18(14-17)26-9-11-27(12-10-26)19-5-2-8-28(15-19)22(29)16-6-7-21(25)20(24)13-16/h1,3-4,6-7,13-14,19H,2,5,8-12,15H2/t19-/m1/s1. The molecule has 2 aliphatic heterocycles. The zero-order valence-electron chi connectivity index (χ0n) is 16.2. The second-order valence-corrected chi connectivity index (χ2v) is 8.52. The monoisotopic (exact) mass is 435 g/mol. The van der Waals surface area contributed by atoms with Gasteiger partial charge >= 0.3 is 0 Å². The summed E-state index contributed by atoms with van der Waals surface area (Å²) in [5.41, 5.74) is 1.61. The fraction of sp³-hybridized carbons (Fsp3) is 0.409. The Labute approximate surface area is 180 Å². The maximum Gasteiger partial charge on any atom is 0.253 e. The van der Waals surface area contributed by atoms with Crippen LogP contribution in [0.1, 0.15) is 23.2 Å². The fourth-order valence-corrected chi connectivity index (χ4v) is 4.63. The van der Waals surface area contributed by atoms with Crippen molar-refractivity contribution >= 4 is 34.8 Å². The third kappa shape index (κ3) is 4.68. The van der Waals surface area contributed by atoms with E-state index in [4.69, 9.17) is 23.2 Å². The Hall–Kier alpha value is -1.82. The molecule has 2 aromatic rings. The van der Waals surface area contributed by atoms with E-state index >= 15 is 0 Å². The van der Waals surface area contributed by atoms with Gasteiger partial charge in [-0.2, -0.15) is 0 Å². The van der Waals surface area contributed by atoms with Crippen molar-refractivity contribution in [2.24, 2.45) is 0 Å². The van der Waals surface area contributed by atoms with Crippen LogP contribution in [0, 0.1) is 5.82 Å². The van der Waals surface area contributed by atoms with Crippen LogP contribution in [-0.4, -0.2) is 61.0 Å². The summed E-state index contributed by atoms with van der Waals surface area (Å²) in [5.74, 6) is -0.577. The second-order valence-electron chi connectivity index (χ2n) is 7.68. The molecule has 2 aromatic carbocycles. The molecule has 0 saturated carbocycles. The smallest absolute Gasteiger partial charge is 0.253 e. The zero-order valence-corrected chi connectivity index (χ0v) is 17.7. The average molecular weight is 436 g/mol. The predicted octanol–water partition coefficient (Wildman–Crippen LogP) is 4.56. The number of halogens is 3. The molecule has 7 heteroatoms. The van der Waals surface area contributed by atoms with Gasteiger partial charge in [0.2, 0.25) is 0 Å². The largest absolute Gasteiger partial charge is 0.369 e. The number of rotatable bonds is 3. The van der Waals surface area contributed by atoms with Gasteiger partial charge in [-0.05, 0) is 49.2 Å². The topological polar surface area (TPSA) is 26.8 Å². The van der Waals surface area contributed by atoms with Gasteiger partial charge in [-0.1, -0.05) is 29.3 Å². The molecule has 4 rings (SSSR count). The Morgan fingerprint density at radius 1 is 1.00 bits per heavy atom. The highest BCUT2D eigenvalue weighted by Gasteiger charge is 2.30. The first kappa shape index (κ1) is 20.5. The van der Waals surface area contributed by atoms with Crippen molar-refractivity contribution in [3.63, 3.8) is 0 Å². The SMILES string of the molecule is O=C(c1ccc(F)c(Cl)c1)N1CCC[C@@H](N2CCN(c3cccc(Cl)c3)CC2)C1. The molecule has 1 atom stereocenters. The number of carbonyl (C=O) groups is 1. The Morgan fingerprint density at radius 2 is 1.79 bits per heavy atom. The van der Waals surface area contributed by atoms with Gasteiger partial charge < -0.3 is 9.80 Å². The quantitative estimate of drug-likeness (QED) is 0.706. The van der Waals surface area contributed by atoms with Crippen LogP contribution in [0.4, 0.5) is 10.1 Å². The molecule has 0 unspecified atom stereocenters. The first-order chi connectivity index (χ1) is 14.0. The average Bonchev–Trinajstić information content (AvgIpc) is 2.75. The minimum atomic E-state index is -0.502. The Balaban J connectivity index is 1.36. The van der Waals surface area contributed by atoms with Crippen LogP contribution in [-0.2, 0) is 0 Å². The van der Waals surface area contributed by atoms with Crippen molar-refractivity contribution in [1.82, 2.24) is 9.80 Å². The van der Waals surface area contributed by atoms with Gasteiger partial charge in [0.15, 0.2) is 0 Å². The van der Waals surface area contributed by atoms with E-state index in [-0.39, 0.29) is 10.9 Å². The van der Waals surface area contributed by atoms with Crippen LogP contribution in [0.2, 0.25) is 10.0 Å². The van der Waals surface area contributed by atoms with Gasteiger partial charge in [0, 0.05) is 61.6 Å². The zero-order chi connectivity index (χ0) is 20.4. The number of likely N-dealkylation sites (tertiary alicyclic amines) is 1. The molecule has 2 heterocycles. The summed E-state index contributed by atoms with van der Waals surface area (Å²) < 4.78 is 13.4. The van der Waals surface area contributed by atoms with Crippen molar-refractivity contribution in [2.75, 3.05) is 44.2 Å². The highest BCUT2D eigenvalue weighted by Crippen LogP contribution is 2.24. The van der Waals surface area contributed by atoms with Crippen molar-refractivity contribution in [2.45, 2.75) is 18.9 Å². The fourth-order valence-electron chi connectivity index (χ4n) is 4.27. The van der Waals surface area contributed by atoms with Crippen LogP contribution >= 0.6 is 23.2 Å². The van der Waals surface area contributed by atoms with Gasteiger partial charge in [-0.15, -0.1) is 0 Å². The molecule has 0 aliphatic carbocycles. The van der Waals surface area contributed by atoms with E-state index in [1.165, 1.54) is 18.2 Å². The summed E-state index contributed by atoms with van der Waals surface area (Å²) in [6, 6.07) is 12.5. The second kappa shape index (κ2) is 8.90. The lowest BCUT2D eigenvalue weighted by atomic mass is 10.0. The molecular formula is C22H24Cl2FN3O. The molecule has 2 saturated heterocycles. The van der Waals surface area contributed by atoms with Crippen molar-refractivity contribution < 1.29 is 9.18 Å². The molecule has 4 nitrogen and oxygen atoms in total. The lowest BCUT2D eigenvalue weighted by molar-refractivity contribution is 0.0563. The first-order valence-electron chi connectivity index (χ1n) is 10.00. The van der Waals surface area contributed by atoms with E-state index < -0.39 is 5.82 Å². The maximum atomic E-state index is 13.4. The van der Waals surface area contributed by atoms with Crippen LogP contribution in [0.25, 0.3) is 0 Å². The van der Waals surface area contributed by atoms with Crippen molar-refractivity contribution in [3.05, 3.63) is 63.9 Å². The molecule has 2 aliphatic rings. The molecule has 0 aromatic heterocycles. The van der Waals surface area contributed by atoms with E-state index in [1.807, 2.05) is 23.1 Å². The van der Waals surface area contributed by atoms with E-state index in [1.54, 1.807) is 0 Å². The molecule has 0 spiro atoms. The number of nitrogens with zero attached hydrogens (tertiary/aromatic N) is 3. The van der Waals surface area contributed by atoms with Gasteiger partial charge in [-0.25, -0.2) is 4.39 Å². The molecule has 1 amide bonds. The summed E-state index contributed by atoms with van der Waals surface area (Å²) >= 11 is 12.0. The lowest BCUT2D eigenvalue weighted by Crippen LogP contribution is -2.55. The van der Waals surface area contributed by atoms with E-state index in [2.05, 4.69) is 15.9 Å². The van der Waals surface area contributed by atoms with E-state index in [0.29, 0.717) is 18.2 Å². The number of benzene rings is 2. The van der Waals surface area contributed by atoms with Crippen LogP contribution in [0.5, 0.6) is 0 Å². The summed E-state index contributed by atoms with van der Waals surface area (Å²) in [7, 11) is 0. The highest BCUT2D eigenvalue weighted by atomic mass is 35.5. The number of anilines is 1. The Bertz CT molecular complexity index is 886. The van der Waals surface area contributed by atoms with Crippen LogP contribution < -0.4 is 4.90 Å². The van der Waals surface area contributed by atoms with Gasteiger partial charge in [-0.3, -0.25) is 9.69 Å². The number of amides is 1.